The van der Waals surface area contributed by atoms with E-state index < -0.39 is 8.07 Å². The van der Waals surface area contributed by atoms with Crippen LogP contribution in [-0.2, 0) is 0 Å². The van der Waals surface area contributed by atoms with Crippen LogP contribution in [0.4, 0.5) is 0 Å². The van der Waals surface area contributed by atoms with Gasteiger partial charge < -0.3 is 18.9 Å². The van der Waals surface area contributed by atoms with E-state index in [4.69, 9.17) is 18.9 Å². The first-order valence-corrected chi connectivity index (χ1v) is 14.3. The number of hydrogen-bond donors (Lipinski definition) is 0. The number of ether oxygens (including phenoxy) is 4. The van der Waals surface area contributed by atoms with Crippen LogP contribution in [0.25, 0.3) is 0 Å². The van der Waals surface area contributed by atoms with Gasteiger partial charge in [-0.15, -0.1) is 0 Å². The van der Waals surface area contributed by atoms with Crippen LogP contribution >= 0.6 is 0 Å². The Morgan fingerprint density at radius 1 is 0.500 bits per heavy atom. The second kappa shape index (κ2) is 10.3. The lowest BCUT2D eigenvalue weighted by molar-refractivity contribution is 0.395. The van der Waals surface area contributed by atoms with Gasteiger partial charge in [-0.1, -0.05) is 41.5 Å². The van der Waals surface area contributed by atoms with Crippen LogP contribution in [0.2, 0.25) is 5.54 Å². The normalized spacial score (nSPS) is 14.3. The number of allylic oxidation sites excluding steroid dienone is 4. The third-order valence-corrected chi connectivity index (χ3v) is 13.3. The molecule has 5 heteroatoms. The van der Waals surface area contributed by atoms with Crippen molar-refractivity contribution in [2.45, 2.75) is 33.2 Å². The van der Waals surface area contributed by atoms with Crippen molar-refractivity contribution in [3.05, 3.63) is 89.0 Å². The predicted molar refractivity (Wildman–Crippen MR) is 151 cm³/mol. The summed E-state index contributed by atoms with van der Waals surface area (Å²) in [5.41, 5.74) is 5.76. The second-order valence-corrected chi connectivity index (χ2v) is 13.4. The van der Waals surface area contributed by atoms with E-state index in [1.165, 1.54) is 37.9 Å². The molecule has 36 heavy (non-hydrogen) atoms. The summed E-state index contributed by atoms with van der Waals surface area (Å²) in [7, 11) is 4.00. The van der Waals surface area contributed by atoms with E-state index >= 15 is 0 Å². The average Bonchev–Trinajstić information content (AvgIpc) is 3.12. The molecule has 3 aromatic carbocycles. The molecule has 0 N–H and O–H groups in total. The summed E-state index contributed by atoms with van der Waals surface area (Å²) >= 11 is 0. The first-order chi connectivity index (χ1) is 17.3. The van der Waals surface area contributed by atoms with Crippen molar-refractivity contribution in [2.24, 2.45) is 0 Å². The molecular weight excluding hydrogens is 464 g/mol. The monoisotopic (exact) mass is 500 g/mol. The SMILES string of the molecule is COc1cc(OC)cc([Si](c2ccccc2)(c2cc(OC)cc(OC)c2)C2C(C)=C(C)C(C)=C2C)c1. The van der Waals surface area contributed by atoms with Gasteiger partial charge in [-0.3, -0.25) is 0 Å². The van der Waals surface area contributed by atoms with Crippen LogP contribution in [-0.4, -0.2) is 36.5 Å². The average molecular weight is 501 g/mol. The van der Waals surface area contributed by atoms with E-state index in [1.807, 2.05) is 12.1 Å². The molecule has 0 aromatic heterocycles. The van der Waals surface area contributed by atoms with Gasteiger partial charge in [0.2, 0.25) is 0 Å². The maximum Gasteiger partial charge on any atom is 0.159 e. The lowest BCUT2D eigenvalue weighted by Gasteiger charge is -2.41. The Hall–Kier alpha value is -3.44. The quantitative estimate of drug-likeness (QED) is 0.313. The zero-order valence-corrected chi connectivity index (χ0v) is 23.6. The molecule has 1 aliphatic rings. The molecule has 0 fully saturated rings. The van der Waals surface area contributed by atoms with E-state index in [-0.39, 0.29) is 5.54 Å². The van der Waals surface area contributed by atoms with Gasteiger partial charge in [-0.2, -0.15) is 0 Å². The Morgan fingerprint density at radius 2 is 0.861 bits per heavy atom. The van der Waals surface area contributed by atoms with Crippen LogP contribution in [0.15, 0.2) is 89.0 Å². The maximum atomic E-state index is 5.78. The summed E-state index contributed by atoms with van der Waals surface area (Å²) in [6, 6.07) is 23.5. The molecule has 0 saturated heterocycles. The number of rotatable bonds is 8. The summed E-state index contributed by atoms with van der Waals surface area (Å²) in [4.78, 5) is 0. The summed E-state index contributed by atoms with van der Waals surface area (Å²) in [5, 5.41) is 3.74. The summed E-state index contributed by atoms with van der Waals surface area (Å²) < 4.78 is 23.1. The molecule has 0 radical (unpaired) electrons. The zero-order chi connectivity index (χ0) is 26.0. The van der Waals surface area contributed by atoms with Crippen molar-refractivity contribution in [1.82, 2.24) is 0 Å². The Labute approximate surface area is 216 Å². The highest BCUT2D eigenvalue weighted by molar-refractivity contribution is 7.13. The minimum Gasteiger partial charge on any atom is -0.497 e. The van der Waals surface area contributed by atoms with E-state index in [0.29, 0.717) is 0 Å². The third kappa shape index (κ3) is 4.11. The second-order valence-electron chi connectivity index (χ2n) is 9.43. The summed E-state index contributed by atoms with van der Waals surface area (Å²) in [6.07, 6.45) is 0. The highest BCUT2D eigenvalue weighted by atomic mass is 28.3. The minimum atomic E-state index is -2.83. The number of benzene rings is 3. The lowest BCUT2D eigenvalue weighted by atomic mass is 10.1. The summed E-state index contributed by atoms with van der Waals surface area (Å²) in [5.74, 6) is 3.12. The number of methoxy groups -OCH3 is 4. The molecule has 1 aliphatic carbocycles. The van der Waals surface area contributed by atoms with Gasteiger partial charge in [0.15, 0.2) is 8.07 Å². The van der Waals surface area contributed by atoms with Crippen molar-refractivity contribution in [2.75, 3.05) is 28.4 Å². The van der Waals surface area contributed by atoms with Crippen molar-refractivity contribution in [3.8, 4) is 23.0 Å². The fourth-order valence-corrected chi connectivity index (χ4v) is 11.7. The molecule has 0 amide bonds. The number of hydrogen-bond acceptors (Lipinski definition) is 4. The molecule has 0 spiro atoms. The zero-order valence-electron chi connectivity index (χ0n) is 22.6. The molecular formula is C31H36O4Si. The van der Waals surface area contributed by atoms with E-state index in [1.54, 1.807) is 28.4 Å². The van der Waals surface area contributed by atoms with Gasteiger partial charge in [-0.05, 0) is 78.7 Å². The van der Waals surface area contributed by atoms with Crippen LogP contribution < -0.4 is 34.5 Å². The smallest absolute Gasteiger partial charge is 0.159 e. The summed E-state index contributed by atoms with van der Waals surface area (Å²) in [6.45, 7) is 9.08. The molecule has 0 heterocycles. The molecule has 4 nitrogen and oxygen atoms in total. The van der Waals surface area contributed by atoms with Crippen molar-refractivity contribution in [3.63, 3.8) is 0 Å². The van der Waals surface area contributed by atoms with Crippen molar-refractivity contribution >= 4 is 23.6 Å². The van der Waals surface area contributed by atoms with Crippen LogP contribution in [0.3, 0.4) is 0 Å². The largest absolute Gasteiger partial charge is 0.497 e. The van der Waals surface area contributed by atoms with E-state index in [2.05, 4.69) is 82.3 Å². The molecule has 0 bridgehead atoms. The van der Waals surface area contributed by atoms with Crippen molar-refractivity contribution < 1.29 is 18.9 Å². The first-order valence-electron chi connectivity index (χ1n) is 12.2. The van der Waals surface area contributed by atoms with E-state index in [9.17, 15) is 0 Å². The third-order valence-electron chi connectivity index (χ3n) is 7.89. The molecule has 3 aromatic rings. The minimum absolute atomic E-state index is 0.202. The maximum absolute atomic E-state index is 5.78. The highest BCUT2D eigenvalue weighted by Crippen LogP contribution is 2.47. The molecule has 4 rings (SSSR count). The van der Waals surface area contributed by atoms with Gasteiger partial charge in [0, 0.05) is 17.7 Å². The molecule has 0 aliphatic heterocycles. The fourth-order valence-electron chi connectivity index (χ4n) is 5.77. The van der Waals surface area contributed by atoms with Gasteiger partial charge in [0.1, 0.15) is 23.0 Å². The lowest BCUT2D eigenvalue weighted by Crippen LogP contribution is -2.70. The topological polar surface area (TPSA) is 36.9 Å². The Morgan fingerprint density at radius 3 is 1.19 bits per heavy atom. The Balaban J connectivity index is 2.24. The van der Waals surface area contributed by atoms with Gasteiger partial charge in [0.25, 0.3) is 0 Å². The van der Waals surface area contributed by atoms with Gasteiger partial charge in [0.05, 0.1) is 28.4 Å². The van der Waals surface area contributed by atoms with Gasteiger partial charge in [-0.25, -0.2) is 0 Å². The molecule has 0 unspecified atom stereocenters. The van der Waals surface area contributed by atoms with Crippen LogP contribution in [0, 0.1) is 0 Å². The van der Waals surface area contributed by atoms with E-state index in [0.717, 1.165) is 23.0 Å². The fraction of sp³-hybridized carbons (Fsp3) is 0.290. The van der Waals surface area contributed by atoms with Crippen molar-refractivity contribution in [1.29, 1.82) is 0 Å². The first kappa shape index (κ1) is 25.6. The molecule has 0 saturated carbocycles. The molecule has 188 valence electrons. The van der Waals surface area contributed by atoms with Gasteiger partial charge >= 0.3 is 0 Å². The van der Waals surface area contributed by atoms with Crippen LogP contribution in [0.5, 0.6) is 23.0 Å². The highest BCUT2D eigenvalue weighted by Gasteiger charge is 2.51. The molecule has 0 atom stereocenters. The predicted octanol–water partition coefficient (Wildman–Crippen LogP) is 5.25. The Kier molecular flexibility index (Phi) is 7.32. The standard InChI is InChI=1S/C31H36O4Si/c1-20-21(2)23(4)31(22(20)3)36(28-12-10-9-11-13-28,29-16-24(32-5)14-25(17-29)33-6)30-18-26(34-7)15-27(19-30)35-8/h9-19,31H,1-8H3. The van der Waals surface area contributed by atoms with Crippen LogP contribution in [0.1, 0.15) is 27.7 Å². The Bertz CT molecular complexity index is 1200.